The van der Waals surface area contributed by atoms with E-state index in [1.165, 1.54) is 0 Å². The van der Waals surface area contributed by atoms with Crippen molar-refractivity contribution in [2.75, 3.05) is 45.2 Å². The summed E-state index contributed by atoms with van der Waals surface area (Å²) in [6.07, 6.45) is 2.08. The van der Waals surface area contributed by atoms with Gasteiger partial charge in [0.1, 0.15) is 13.2 Å². The molecule has 2 N–H and O–H groups in total. The minimum atomic E-state index is -0.667. The normalized spacial score (nSPS) is 18.0. The van der Waals surface area contributed by atoms with E-state index in [9.17, 15) is 9.59 Å². The fraction of sp³-hybridized carbons (Fsp3) is 0.529. The first-order valence-corrected chi connectivity index (χ1v) is 8.29. The maximum Gasteiger partial charge on any atom is 0.313 e. The molecule has 0 atom stereocenters. The number of hydrogen-bond donors (Lipinski definition) is 2. The lowest BCUT2D eigenvalue weighted by molar-refractivity contribution is -0.136. The van der Waals surface area contributed by atoms with Gasteiger partial charge in [0.25, 0.3) is 0 Å². The van der Waals surface area contributed by atoms with Crippen molar-refractivity contribution in [1.29, 1.82) is 0 Å². The predicted molar refractivity (Wildman–Crippen MR) is 89.3 cm³/mol. The van der Waals surface area contributed by atoms with Crippen molar-refractivity contribution in [1.82, 2.24) is 10.2 Å². The Morgan fingerprint density at radius 2 is 1.83 bits per heavy atom. The molecule has 1 saturated heterocycles. The molecule has 130 valence electrons. The van der Waals surface area contributed by atoms with Gasteiger partial charge in [-0.3, -0.25) is 9.59 Å². The van der Waals surface area contributed by atoms with Crippen molar-refractivity contribution in [2.45, 2.75) is 12.8 Å². The molecule has 7 heteroatoms. The molecule has 3 rings (SSSR count). The first kappa shape index (κ1) is 16.6. The van der Waals surface area contributed by atoms with Crippen LogP contribution in [0.15, 0.2) is 18.2 Å². The van der Waals surface area contributed by atoms with Gasteiger partial charge in [-0.2, -0.15) is 0 Å². The van der Waals surface area contributed by atoms with Gasteiger partial charge in [0, 0.05) is 18.3 Å². The highest BCUT2D eigenvalue weighted by atomic mass is 16.6. The summed E-state index contributed by atoms with van der Waals surface area (Å²) in [6, 6.07) is 5.08. The average molecular weight is 333 g/mol. The van der Waals surface area contributed by atoms with Crippen molar-refractivity contribution >= 4 is 17.5 Å². The van der Waals surface area contributed by atoms with Gasteiger partial charge in [0.15, 0.2) is 11.5 Å². The first-order chi connectivity index (χ1) is 11.6. The van der Waals surface area contributed by atoms with E-state index in [1.807, 2.05) is 0 Å². The number of carbonyl (C=O) groups excluding carboxylic acids is 2. The van der Waals surface area contributed by atoms with Crippen LogP contribution in [0.1, 0.15) is 12.8 Å². The van der Waals surface area contributed by atoms with Gasteiger partial charge in [-0.1, -0.05) is 0 Å². The number of hydrogen-bond acceptors (Lipinski definition) is 5. The molecule has 2 aliphatic heterocycles. The molecule has 2 aliphatic rings. The van der Waals surface area contributed by atoms with E-state index in [4.69, 9.17) is 9.47 Å². The molecule has 2 heterocycles. The Labute approximate surface area is 141 Å². The van der Waals surface area contributed by atoms with Crippen molar-refractivity contribution < 1.29 is 19.1 Å². The van der Waals surface area contributed by atoms with Gasteiger partial charge in [-0.25, -0.2) is 0 Å². The molecular weight excluding hydrogens is 310 g/mol. The number of nitrogens with one attached hydrogen (secondary N) is 2. The summed E-state index contributed by atoms with van der Waals surface area (Å²) in [4.78, 5) is 26.2. The van der Waals surface area contributed by atoms with Crippen LogP contribution in [0, 0.1) is 5.92 Å². The summed E-state index contributed by atoms with van der Waals surface area (Å²) >= 11 is 0. The van der Waals surface area contributed by atoms with Gasteiger partial charge in [0.2, 0.25) is 0 Å². The van der Waals surface area contributed by atoms with Crippen LogP contribution in [0.5, 0.6) is 11.5 Å². The minimum absolute atomic E-state index is 0.437. The third-order valence-corrected chi connectivity index (χ3v) is 4.40. The number of nitrogens with zero attached hydrogens (tertiary/aromatic N) is 1. The standard InChI is InChI=1S/C17H23N3O4/c1-20-6-4-12(5-7-20)11-18-16(21)17(22)19-13-2-3-14-15(10-13)24-9-8-23-14/h2-3,10,12H,4-9,11H2,1H3,(H,18,21)(H,19,22). The minimum Gasteiger partial charge on any atom is -0.486 e. The number of amides is 2. The molecule has 1 aromatic carbocycles. The highest BCUT2D eigenvalue weighted by Gasteiger charge is 2.20. The molecule has 0 spiro atoms. The maximum absolute atomic E-state index is 12.0. The Morgan fingerprint density at radius 3 is 2.58 bits per heavy atom. The monoisotopic (exact) mass is 333 g/mol. The molecule has 1 fully saturated rings. The van der Waals surface area contributed by atoms with E-state index in [0.717, 1.165) is 25.9 Å². The van der Waals surface area contributed by atoms with Crippen LogP contribution in [0.3, 0.4) is 0 Å². The Bertz CT molecular complexity index is 612. The van der Waals surface area contributed by atoms with Crippen LogP contribution < -0.4 is 20.1 Å². The highest BCUT2D eigenvalue weighted by Crippen LogP contribution is 2.32. The number of ether oxygens (including phenoxy) is 2. The van der Waals surface area contributed by atoms with Gasteiger partial charge in [-0.15, -0.1) is 0 Å². The molecule has 0 bridgehead atoms. The second kappa shape index (κ2) is 7.53. The van der Waals surface area contributed by atoms with Crippen LogP contribution in [-0.2, 0) is 9.59 Å². The molecule has 1 aromatic rings. The topological polar surface area (TPSA) is 79.9 Å². The van der Waals surface area contributed by atoms with E-state index in [1.54, 1.807) is 18.2 Å². The number of piperidine rings is 1. The molecule has 2 amide bonds. The summed E-state index contributed by atoms with van der Waals surface area (Å²) in [6.45, 7) is 3.59. The molecule has 7 nitrogen and oxygen atoms in total. The number of benzene rings is 1. The first-order valence-electron chi connectivity index (χ1n) is 8.29. The van der Waals surface area contributed by atoms with Gasteiger partial charge in [0.05, 0.1) is 0 Å². The average Bonchev–Trinajstić information content (AvgIpc) is 2.61. The van der Waals surface area contributed by atoms with Crippen LogP contribution in [0.25, 0.3) is 0 Å². The Balaban J connectivity index is 1.48. The highest BCUT2D eigenvalue weighted by molar-refractivity contribution is 6.39. The lowest BCUT2D eigenvalue weighted by Gasteiger charge is -2.28. The van der Waals surface area contributed by atoms with Gasteiger partial charge >= 0.3 is 11.8 Å². The lowest BCUT2D eigenvalue weighted by Crippen LogP contribution is -2.41. The fourth-order valence-corrected chi connectivity index (χ4v) is 2.89. The smallest absolute Gasteiger partial charge is 0.313 e. The lowest BCUT2D eigenvalue weighted by atomic mass is 9.97. The van der Waals surface area contributed by atoms with E-state index in [2.05, 4.69) is 22.6 Å². The summed E-state index contributed by atoms with van der Waals surface area (Å²) in [5, 5.41) is 5.32. The summed E-state index contributed by atoms with van der Waals surface area (Å²) < 4.78 is 10.9. The fourth-order valence-electron chi connectivity index (χ4n) is 2.89. The third kappa shape index (κ3) is 4.17. The molecule has 0 aliphatic carbocycles. The van der Waals surface area contributed by atoms with Crippen molar-refractivity contribution in [3.8, 4) is 11.5 Å². The second-order valence-electron chi connectivity index (χ2n) is 6.27. The van der Waals surface area contributed by atoms with Crippen molar-refractivity contribution in [3.05, 3.63) is 18.2 Å². The van der Waals surface area contributed by atoms with Gasteiger partial charge in [-0.05, 0) is 51.0 Å². The Hall–Kier alpha value is -2.28. The van der Waals surface area contributed by atoms with Crippen LogP contribution in [-0.4, -0.2) is 56.6 Å². The summed E-state index contributed by atoms with van der Waals surface area (Å²) in [5.41, 5.74) is 0.513. The Morgan fingerprint density at radius 1 is 1.12 bits per heavy atom. The maximum atomic E-state index is 12.0. The summed E-state index contributed by atoms with van der Waals surface area (Å²) in [5.74, 6) is 0.382. The second-order valence-corrected chi connectivity index (χ2v) is 6.27. The van der Waals surface area contributed by atoms with Crippen molar-refractivity contribution in [3.63, 3.8) is 0 Å². The largest absolute Gasteiger partial charge is 0.486 e. The zero-order chi connectivity index (χ0) is 16.9. The zero-order valence-electron chi connectivity index (χ0n) is 13.8. The number of rotatable bonds is 3. The molecular formula is C17H23N3O4. The molecule has 24 heavy (non-hydrogen) atoms. The number of likely N-dealkylation sites (tertiary alicyclic amines) is 1. The number of fused-ring (bicyclic) bond motifs is 1. The van der Waals surface area contributed by atoms with E-state index < -0.39 is 11.8 Å². The van der Waals surface area contributed by atoms with Crippen LogP contribution in [0.2, 0.25) is 0 Å². The molecule has 0 aromatic heterocycles. The van der Waals surface area contributed by atoms with Crippen LogP contribution >= 0.6 is 0 Å². The SMILES string of the molecule is CN1CCC(CNC(=O)C(=O)Nc2ccc3c(c2)OCCO3)CC1. The van der Waals surface area contributed by atoms with E-state index in [-0.39, 0.29) is 0 Å². The number of carbonyl (C=O) groups is 2. The van der Waals surface area contributed by atoms with Crippen molar-refractivity contribution in [2.24, 2.45) is 5.92 Å². The predicted octanol–water partition coefficient (Wildman–Crippen LogP) is 0.854. The zero-order valence-corrected chi connectivity index (χ0v) is 13.8. The third-order valence-electron chi connectivity index (χ3n) is 4.40. The summed E-state index contributed by atoms with van der Waals surface area (Å²) in [7, 11) is 2.09. The van der Waals surface area contributed by atoms with E-state index in [0.29, 0.717) is 42.9 Å². The molecule has 0 unspecified atom stereocenters. The quantitative estimate of drug-likeness (QED) is 0.802. The van der Waals surface area contributed by atoms with Crippen LogP contribution in [0.4, 0.5) is 5.69 Å². The Kier molecular flexibility index (Phi) is 5.20. The number of anilines is 1. The van der Waals surface area contributed by atoms with E-state index >= 15 is 0 Å². The molecule has 0 radical (unpaired) electrons. The molecule has 0 saturated carbocycles. The van der Waals surface area contributed by atoms with Gasteiger partial charge < -0.3 is 25.0 Å².